The number of carboxylic acids is 2. The summed E-state index contributed by atoms with van der Waals surface area (Å²) in [5, 5.41) is 66.9. The first-order chi connectivity index (χ1) is 43.4. The van der Waals surface area contributed by atoms with E-state index in [1.54, 1.807) is 0 Å². The molecule has 0 bridgehead atoms. The summed E-state index contributed by atoms with van der Waals surface area (Å²) >= 11 is 12.4. The summed E-state index contributed by atoms with van der Waals surface area (Å²) in [6, 6.07) is 27.9. The highest BCUT2D eigenvalue weighted by atomic mass is 35.5. The number of rotatable bonds is 20. The van der Waals surface area contributed by atoms with Crippen LogP contribution in [0.1, 0.15) is 31.8 Å². The van der Waals surface area contributed by atoms with Crippen LogP contribution in [0.15, 0.2) is 173 Å². The van der Waals surface area contributed by atoms with Crippen molar-refractivity contribution in [2.75, 3.05) is 21.3 Å². The van der Waals surface area contributed by atoms with Gasteiger partial charge in [-0.2, -0.15) is 73.8 Å². The highest BCUT2D eigenvalue weighted by molar-refractivity contribution is 7.86. The SMILES string of the molecule is O=C(O)c1ccccc1N=Nc1ccc2c(O)c(Nc3nc(Cl)nc(Nc4ccc(/C=C/c5ccc(Nc6nc(Cl)nc(Nc7c(S(=O)(=O)O)cc8cc(N=Nc9ccccc9C(=O)O)ccc8c7O)n6)cc5S(=O)(=O)O)c(S(=O)(=O)O)c4)n3)c(S(=O)(=O)O)cc2c1. The normalized spacial score (nSPS) is 12.3. The molecule has 12 N–H and O–H groups in total. The number of phenolic OH excluding ortho intramolecular Hbond substituents is 2. The van der Waals surface area contributed by atoms with E-state index in [0.29, 0.717) is 0 Å². The Morgan fingerprint density at radius 1 is 0.413 bits per heavy atom. The van der Waals surface area contributed by atoms with E-state index < -0.39 is 129 Å². The molecule has 0 saturated carbocycles. The van der Waals surface area contributed by atoms with Crippen molar-refractivity contribution in [2.45, 2.75) is 19.6 Å². The van der Waals surface area contributed by atoms with Crippen molar-refractivity contribution in [3.8, 4) is 11.5 Å². The quantitative estimate of drug-likeness (QED) is 0.0146. The van der Waals surface area contributed by atoms with E-state index in [1.165, 1.54) is 97.1 Å². The van der Waals surface area contributed by atoms with Gasteiger partial charge in [-0.25, -0.2) is 9.59 Å². The molecule has 2 aromatic heterocycles. The van der Waals surface area contributed by atoms with Crippen molar-refractivity contribution >= 4 is 179 Å². The van der Waals surface area contributed by atoms with Gasteiger partial charge in [-0.05, 0) is 142 Å². The second kappa shape index (κ2) is 25.2. The van der Waals surface area contributed by atoms with Gasteiger partial charge in [0, 0.05) is 22.1 Å². The topological polar surface area (TPSA) is 507 Å². The van der Waals surface area contributed by atoms with Crippen LogP contribution in [0.2, 0.25) is 10.6 Å². The first kappa shape index (κ1) is 64.2. The van der Waals surface area contributed by atoms with Crippen molar-refractivity contribution < 1.29 is 81.9 Å². The summed E-state index contributed by atoms with van der Waals surface area (Å²) in [5.74, 6) is -6.00. The third-order valence-electron chi connectivity index (χ3n) is 12.7. The van der Waals surface area contributed by atoms with Crippen LogP contribution >= 0.6 is 23.2 Å². The Morgan fingerprint density at radius 2 is 0.761 bits per heavy atom. The Bertz CT molecular complexity index is 5020. The molecule has 0 amide bonds. The van der Waals surface area contributed by atoms with Gasteiger partial charge in [-0.3, -0.25) is 18.2 Å². The third-order valence-corrected chi connectivity index (χ3v) is 16.6. The number of hydrogen-bond acceptors (Lipinski definition) is 26. The molecule has 0 radical (unpaired) electrons. The summed E-state index contributed by atoms with van der Waals surface area (Å²) in [4.78, 5) is 43.8. The molecule has 0 saturated heterocycles. The predicted octanol–water partition coefficient (Wildman–Crippen LogP) is 11.4. The summed E-state index contributed by atoms with van der Waals surface area (Å²) in [7, 11) is -20.6. The van der Waals surface area contributed by atoms with Crippen molar-refractivity contribution in [1.82, 2.24) is 29.9 Å². The molecule has 0 unspecified atom stereocenters. The van der Waals surface area contributed by atoms with Crippen LogP contribution in [0.5, 0.6) is 11.5 Å². The Morgan fingerprint density at radius 3 is 1.11 bits per heavy atom. The summed E-state index contributed by atoms with van der Waals surface area (Å²) in [6.07, 6.45) is 2.12. The summed E-state index contributed by atoms with van der Waals surface area (Å²) in [5.41, 5.74) is -2.22. The molecule has 0 spiro atoms. The second-order valence-corrected chi connectivity index (χ2v) is 25.0. The van der Waals surface area contributed by atoms with E-state index in [0.717, 1.165) is 48.6 Å². The lowest BCUT2D eigenvalue weighted by molar-refractivity contribution is 0.0687. The zero-order valence-corrected chi connectivity index (χ0v) is 50.2. The standard InChI is InChI=1S/C54H36Cl2N14O18S4/c55-49-61-51(65-53(63-49)59-43-41(91(83,84)85)21-27-19-31(15-17-33(27)45(43)71)67-69-37-7-3-1-5-35(37)47(73)74)57-29-13-11-25(39(23-29)89(77,78)79)9-10-26-12-14-30(24-40(26)90(80,81)82)58-52-62-50(56)64-54(66-52)60-44-42(92(86,87)88)22-28-20-32(16-18-34(28)46(44)72)68-70-38-8-4-2-6-36(38)48(75)76/h1-24,71-72H,(H,73,74)(H,75,76)(H,77,78,79)(H,80,81,82)(H,83,84,85)(H,86,87,88)(H2,57,59,61,63,65)(H2,58,60,62,64,66)/b10-9+,69-67?,70-68?. The van der Waals surface area contributed by atoms with Gasteiger partial charge in [-0.1, -0.05) is 48.6 Å². The Hall–Kier alpha value is -10.8. The zero-order chi connectivity index (χ0) is 66.2. The number of halogens is 2. The number of carboxylic acid groups (broad SMARTS) is 2. The number of anilines is 8. The minimum absolute atomic E-state index is 0.00144. The van der Waals surface area contributed by atoms with Crippen molar-refractivity contribution in [3.05, 3.63) is 166 Å². The lowest BCUT2D eigenvalue weighted by Crippen LogP contribution is -2.08. The van der Waals surface area contributed by atoms with Crippen LogP contribution in [0.3, 0.4) is 0 Å². The Balaban J connectivity index is 0.880. The number of carbonyl (C=O) groups is 2. The lowest BCUT2D eigenvalue weighted by atomic mass is 10.1. The smallest absolute Gasteiger partial charge is 0.337 e. The molecule has 0 aliphatic rings. The highest BCUT2D eigenvalue weighted by Crippen LogP contribution is 2.43. The molecule has 10 rings (SSSR count). The molecule has 32 nitrogen and oxygen atoms in total. The van der Waals surface area contributed by atoms with Crippen molar-refractivity contribution in [1.29, 1.82) is 0 Å². The van der Waals surface area contributed by atoms with E-state index in [4.69, 9.17) is 23.2 Å². The summed E-state index contributed by atoms with van der Waals surface area (Å²) in [6.45, 7) is 0. The molecule has 38 heteroatoms. The molecule has 2 heterocycles. The highest BCUT2D eigenvalue weighted by Gasteiger charge is 2.27. The molecular formula is C54H36Cl2N14O18S4. The van der Waals surface area contributed by atoms with Crippen LogP contribution in [-0.2, 0) is 40.5 Å². The number of aromatic carboxylic acids is 2. The molecule has 0 fully saturated rings. The van der Waals surface area contributed by atoms with E-state index in [-0.39, 0.29) is 77.9 Å². The van der Waals surface area contributed by atoms with Gasteiger partial charge in [0.15, 0.2) is 0 Å². The Kier molecular flexibility index (Phi) is 17.6. The van der Waals surface area contributed by atoms with Gasteiger partial charge in [0.1, 0.15) is 53.8 Å². The van der Waals surface area contributed by atoms with Crippen LogP contribution in [-0.4, -0.2) is 114 Å². The van der Waals surface area contributed by atoms with E-state index in [9.17, 15) is 81.9 Å². The number of aromatic hydroxyl groups is 2. The van der Waals surface area contributed by atoms with E-state index in [1.807, 2.05) is 0 Å². The predicted molar refractivity (Wildman–Crippen MR) is 330 cm³/mol. The van der Waals surface area contributed by atoms with Gasteiger partial charge in [-0.15, -0.1) is 10.2 Å². The third kappa shape index (κ3) is 14.6. The fraction of sp³-hybridized carbons (Fsp3) is 0. The molecule has 10 aromatic rings. The zero-order valence-electron chi connectivity index (χ0n) is 45.4. The average molecular weight is 1370 g/mol. The number of benzene rings is 8. The molecular weight excluding hydrogens is 1330 g/mol. The number of fused-ring (bicyclic) bond motifs is 2. The maximum absolute atomic E-state index is 12.8. The van der Waals surface area contributed by atoms with Crippen LogP contribution < -0.4 is 21.3 Å². The first-order valence-corrected chi connectivity index (χ1v) is 31.7. The first-order valence-electron chi connectivity index (χ1n) is 25.2. The largest absolute Gasteiger partial charge is 0.505 e. The van der Waals surface area contributed by atoms with Gasteiger partial charge in [0.25, 0.3) is 40.5 Å². The maximum Gasteiger partial charge on any atom is 0.337 e. The fourth-order valence-electron chi connectivity index (χ4n) is 8.71. The minimum Gasteiger partial charge on any atom is -0.505 e. The number of aromatic nitrogens is 6. The second-order valence-electron chi connectivity index (χ2n) is 18.8. The Labute approximate surface area is 526 Å². The molecule has 0 aliphatic heterocycles. The number of nitrogens with one attached hydrogen (secondary N) is 4. The maximum atomic E-state index is 12.8. The van der Waals surface area contributed by atoms with Crippen LogP contribution in [0, 0.1) is 0 Å². The van der Waals surface area contributed by atoms with Crippen molar-refractivity contribution in [2.24, 2.45) is 20.5 Å². The van der Waals surface area contributed by atoms with Gasteiger partial charge < -0.3 is 41.7 Å². The van der Waals surface area contributed by atoms with Crippen molar-refractivity contribution in [3.63, 3.8) is 0 Å². The van der Waals surface area contributed by atoms with Crippen LogP contribution in [0.4, 0.5) is 69.3 Å². The van der Waals surface area contributed by atoms with Gasteiger partial charge in [0.05, 0.1) is 22.5 Å². The average Bonchev–Trinajstić information content (AvgIpc) is 0.782. The number of nitrogens with zero attached hydrogens (tertiary/aromatic N) is 10. The molecule has 468 valence electrons. The molecule has 0 atom stereocenters. The monoisotopic (exact) mass is 1370 g/mol. The van der Waals surface area contributed by atoms with Crippen LogP contribution in [0.25, 0.3) is 33.7 Å². The molecule has 0 aliphatic carbocycles. The summed E-state index contributed by atoms with van der Waals surface area (Å²) < 4.78 is 144. The number of azo groups is 2. The molecule has 92 heavy (non-hydrogen) atoms. The van der Waals surface area contributed by atoms with E-state index >= 15 is 0 Å². The minimum atomic E-state index is -5.16. The fourth-order valence-corrected chi connectivity index (χ4v) is 11.8. The van der Waals surface area contributed by atoms with Gasteiger partial charge >= 0.3 is 11.9 Å². The lowest BCUT2D eigenvalue weighted by Gasteiger charge is -2.15. The van der Waals surface area contributed by atoms with Gasteiger partial charge in [0.2, 0.25) is 34.4 Å². The molecule has 8 aromatic carbocycles. The number of hydrogen-bond donors (Lipinski definition) is 12. The van der Waals surface area contributed by atoms with E-state index in [2.05, 4.69) is 71.6 Å². The number of phenols is 2.